The Bertz CT molecular complexity index is 998. The highest BCUT2D eigenvalue weighted by Crippen LogP contribution is 2.26. The largest absolute Gasteiger partial charge is 0.394 e. The molecule has 0 saturated carbocycles. The second kappa shape index (κ2) is 9.60. The minimum absolute atomic E-state index is 0.112. The van der Waals surface area contributed by atoms with Gasteiger partial charge in [-0.3, -0.25) is 4.79 Å². The molecule has 30 heavy (non-hydrogen) atoms. The van der Waals surface area contributed by atoms with E-state index in [-0.39, 0.29) is 25.0 Å². The fourth-order valence-electron chi connectivity index (χ4n) is 3.13. The van der Waals surface area contributed by atoms with Crippen LogP contribution in [0.4, 0.5) is 0 Å². The predicted molar refractivity (Wildman–Crippen MR) is 114 cm³/mol. The first-order chi connectivity index (χ1) is 14.4. The molecule has 1 atom stereocenters. The maximum Gasteiger partial charge on any atom is 0.251 e. The van der Waals surface area contributed by atoms with E-state index in [0.717, 1.165) is 16.7 Å². The van der Waals surface area contributed by atoms with E-state index in [4.69, 9.17) is 4.74 Å². The molecule has 0 aliphatic rings. The summed E-state index contributed by atoms with van der Waals surface area (Å²) in [6, 6.07) is 13.1. The van der Waals surface area contributed by atoms with Crippen LogP contribution in [0.1, 0.15) is 41.5 Å². The first kappa shape index (κ1) is 21.6. The number of aryl methyl sites for hydroxylation is 1. The molecule has 3 aromatic rings. The van der Waals surface area contributed by atoms with E-state index in [2.05, 4.69) is 20.8 Å². The molecule has 158 valence electrons. The quantitative estimate of drug-likeness (QED) is 0.593. The number of carbonyl (C=O) groups excluding carboxylic acids is 1. The summed E-state index contributed by atoms with van der Waals surface area (Å²) in [5.41, 5.74) is 4.14. The Morgan fingerprint density at radius 1 is 1.17 bits per heavy atom. The number of nitrogens with one attached hydrogen (secondary N) is 1. The van der Waals surface area contributed by atoms with Crippen LogP contribution in [0.15, 0.2) is 42.5 Å². The molecule has 1 aromatic heterocycles. The van der Waals surface area contributed by atoms with Crippen molar-refractivity contribution in [2.75, 3.05) is 20.3 Å². The van der Waals surface area contributed by atoms with Crippen LogP contribution in [0, 0.1) is 6.92 Å². The SMILES string of the molecule is COC[C@H](CO)NC(=O)c1cc(-c2ccc(C)cc2)cc(-n2nnnc2C(C)C)c1. The van der Waals surface area contributed by atoms with E-state index in [1.54, 1.807) is 10.7 Å². The molecule has 0 radical (unpaired) electrons. The Labute approximate surface area is 175 Å². The highest BCUT2D eigenvalue weighted by atomic mass is 16.5. The first-order valence-corrected chi connectivity index (χ1v) is 9.84. The number of nitrogens with zero attached hydrogens (tertiary/aromatic N) is 4. The molecule has 0 spiro atoms. The monoisotopic (exact) mass is 409 g/mol. The second-order valence-corrected chi connectivity index (χ2v) is 7.55. The summed E-state index contributed by atoms with van der Waals surface area (Å²) in [5, 5.41) is 24.3. The first-order valence-electron chi connectivity index (χ1n) is 9.84. The van der Waals surface area contributed by atoms with Crippen LogP contribution < -0.4 is 5.32 Å². The van der Waals surface area contributed by atoms with Gasteiger partial charge in [0, 0.05) is 18.6 Å². The molecule has 1 amide bonds. The molecule has 3 rings (SSSR count). The summed E-state index contributed by atoms with van der Waals surface area (Å²) in [7, 11) is 1.52. The lowest BCUT2D eigenvalue weighted by molar-refractivity contribution is 0.0839. The lowest BCUT2D eigenvalue weighted by atomic mass is 10.00. The molecular formula is C22H27N5O3. The van der Waals surface area contributed by atoms with Gasteiger partial charge in [-0.15, -0.1) is 5.10 Å². The van der Waals surface area contributed by atoms with Gasteiger partial charge in [-0.2, -0.15) is 4.68 Å². The summed E-state index contributed by atoms with van der Waals surface area (Å²) in [4.78, 5) is 12.9. The second-order valence-electron chi connectivity index (χ2n) is 7.55. The summed E-state index contributed by atoms with van der Waals surface area (Å²) >= 11 is 0. The van der Waals surface area contributed by atoms with Crippen molar-refractivity contribution in [3.63, 3.8) is 0 Å². The van der Waals surface area contributed by atoms with Gasteiger partial charge < -0.3 is 15.2 Å². The minimum Gasteiger partial charge on any atom is -0.394 e. The average Bonchev–Trinajstić information content (AvgIpc) is 3.24. The van der Waals surface area contributed by atoms with Crippen molar-refractivity contribution in [1.82, 2.24) is 25.5 Å². The van der Waals surface area contributed by atoms with E-state index in [9.17, 15) is 9.90 Å². The molecule has 0 saturated heterocycles. The van der Waals surface area contributed by atoms with E-state index in [1.807, 2.05) is 57.2 Å². The predicted octanol–water partition coefficient (Wildman–Crippen LogP) is 2.50. The van der Waals surface area contributed by atoms with Gasteiger partial charge in [-0.25, -0.2) is 0 Å². The zero-order chi connectivity index (χ0) is 21.7. The molecule has 2 aromatic carbocycles. The summed E-state index contributed by atoms with van der Waals surface area (Å²) in [6.45, 7) is 6.05. The van der Waals surface area contributed by atoms with Crippen LogP contribution in [0.2, 0.25) is 0 Å². The Morgan fingerprint density at radius 3 is 2.53 bits per heavy atom. The lowest BCUT2D eigenvalue weighted by Crippen LogP contribution is -2.40. The summed E-state index contributed by atoms with van der Waals surface area (Å²) in [6.07, 6.45) is 0. The van der Waals surface area contributed by atoms with Gasteiger partial charge in [-0.1, -0.05) is 43.7 Å². The van der Waals surface area contributed by atoms with Gasteiger partial charge in [-0.05, 0) is 46.7 Å². The maximum atomic E-state index is 12.9. The van der Waals surface area contributed by atoms with Crippen LogP contribution in [-0.4, -0.2) is 57.6 Å². The number of hydrogen-bond donors (Lipinski definition) is 2. The molecule has 0 aliphatic heterocycles. The summed E-state index contributed by atoms with van der Waals surface area (Å²) in [5.74, 6) is 0.510. The highest BCUT2D eigenvalue weighted by Gasteiger charge is 2.18. The van der Waals surface area contributed by atoms with Gasteiger partial charge in [0.05, 0.1) is 24.9 Å². The zero-order valence-corrected chi connectivity index (χ0v) is 17.7. The molecule has 0 bridgehead atoms. The number of methoxy groups -OCH3 is 1. The van der Waals surface area contributed by atoms with Crippen molar-refractivity contribution >= 4 is 5.91 Å². The molecule has 0 unspecified atom stereocenters. The van der Waals surface area contributed by atoms with Gasteiger partial charge >= 0.3 is 0 Å². The maximum absolute atomic E-state index is 12.9. The molecule has 8 nitrogen and oxygen atoms in total. The van der Waals surface area contributed by atoms with E-state index in [0.29, 0.717) is 17.1 Å². The third kappa shape index (κ3) is 4.90. The number of benzene rings is 2. The zero-order valence-electron chi connectivity index (χ0n) is 17.7. The minimum atomic E-state index is -0.492. The van der Waals surface area contributed by atoms with Gasteiger partial charge in [0.2, 0.25) is 0 Å². The van der Waals surface area contributed by atoms with Crippen molar-refractivity contribution in [3.05, 3.63) is 59.4 Å². The fraction of sp³-hybridized carbons (Fsp3) is 0.364. The Morgan fingerprint density at radius 2 is 1.90 bits per heavy atom. The standard InChI is InChI=1S/C22H27N5O3/c1-14(2)21-24-25-26-27(21)20-10-17(16-7-5-15(3)6-8-16)9-18(11-20)22(29)23-19(12-28)13-30-4/h5-11,14,19,28H,12-13H2,1-4H3,(H,23,29)/t19-/m0/s1. The average molecular weight is 409 g/mol. The molecule has 8 heteroatoms. The Hall–Kier alpha value is -3.10. The third-order valence-corrected chi connectivity index (χ3v) is 4.74. The normalized spacial score (nSPS) is 12.2. The van der Waals surface area contributed by atoms with Crippen LogP contribution in [0.25, 0.3) is 16.8 Å². The molecular weight excluding hydrogens is 382 g/mol. The molecule has 2 N–H and O–H groups in total. The van der Waals surface area contributed by atoms with E-state index < -0.39 is 6.04 Å². The highest BCUT2D eigenvalue weighted by molar-refractivity contribution is 5.96. The Balaban J connectivity index is 2.07. The molecule has 0 aliphatic carbocycles. The number of carbonyl (C=O) groups is 1. The van der Waals surface area contributed by atoms with Crippen molar-refractivity contribution in [1.29, 1.82) is 0 Å². The van der Waals surface area contributed by atoms with Gasteiger partial charge in [0.25, 0.3) is 5.91 Å². The number of rotatable bonds is 8. The number of aliphatic hydroxyl groups excluding tert-OH is 1. The van der Waals surface area contributed by atoms with E-state index >= 15 is 0 Å². The van der Waals surface area contributed by atoms with Gasteiger partial charge in [0.1, 0.15) is 0 Å². The van der Waals surface area contributed by atoms with Gasteiger partial charge in [0.15, 0.2) is 5.82 Å². The van der Waals surface area contributed by atoms with E-state index in [1.165, 1.54) is 7.11 Å². The number of aromatic nitrogens is 4. The Kier molecular flexibility index (Phi) is 6.91. The molecule has 0 fully saturated rings. The molecule has 1 heterocycles. The van der Waals surface area contributed by atoms with Crippen LogP contribution >= 0.6 is 0 Å². The smallest absolute Gasteiger partial charge is 0.251 e. The third-order valence-electron chi connectivity index (χ3n) is 4.74. The van der Waals surface area contributed by atoms with Crippen molar-refractivity contribution in [2.45, 2.75) is 32.7 Å². The topological polar surface area (TPSA) is 102 Å². The lowest BCUT2D eigenvalue weighted by Gasteiger charge is -2.17. The fourth-order valence-corrected chi connectivity index (χ4v) is 3.13. The number of amides is 1. The van der Waals surface area contributed by atoms with Crippen molar-refractivity contribution < 1.29 is 14.6 Å². The number of hydrogen-bond acceptors (Lipinski definition) is 6. The van der Waals surface area contributed by atoms with Crippen LogP contribution in [-0.2, 0) is 4.74 Å². The number of ether oxygens (including phenoxy) is 1. The van der Waals surface area contributed by atoms with Crippen molar-refractivity contribution in [2.24, 2.45) is 0 Å². The van der Waals surface area contributed by atoms with Crippen LogP contribution in [0.5, 0.6) is 0 Å². The number of aliphatic hydroxyl groups is 1. The van der Waals surface area contributed by atoms with Crippen molar-refractivity contribution in [3.8, 4) is 16.8 Å². The number of tetrazole rings is 1. The van der Waals surface area contributed by atoms with Crippen LogP contribution in [0.3, 0.4) is 0 Å². The summed E-state index contributed by atoms with van der Waals surface area (Å²) < 4.78 is 6.71.